The Balaban J connectivity index is 2.92. The number of allylic oxidation sites excluding steroid dienone is 1. The molecule has 0 saturated carbocycles. The first-order valence-corrected chi connectivity index (χ1v) is 7.39. The second kappa shape index (κ2) is 6.05. The Morgan fingerprint density at radius 3 is 2.29 bits per heavy atom. The zero-order chi connectivity index (χ0) is 12.9. The number of unbranched alkanes of at least 4 members (excludes halogenated alkanes) is 2. The maximum absolute atomic E-state index is 11.7. The predicted octanol–water partition coefficient (Wildman–Crippen LogP) is 2.01. The van der Waals surface area contributed by atoms with Crippen LogP contribution in [0.25, 0.3) is 0 Å². The molecule has 0 unspecified atom stereocenters. The maximum Gasteiger partial charge on any atom is 0.409 e. The minimum absolute atomic E-state index is 0.323. The summed E-state index contributed by atoms with van der Waals surface area (Å²) in [6.07, 6.45) is 4.61. The number of carbonyl (C=O) groups is 1. The lowest BCUT2D eigenvalue weighted by Crippen LogP contribution is -2.38. The van der Waals surface area contributed by atoms with E-state index < -0.39 is 16.2 Å². The first-order valence-electron chi connectivity index (χ1n) is 5.98. The molecule has 98 valence electrons. The van der Waals surface area contributed by atoms with Crippen LogP contribution < -0.4 is 4.72 Å². The van der Waals surface area contributed by atoms with Crippen LogP contribution in [0.15, 0.2) is 11.3 Å². The Morgan fingerprint density at radius 2 is 1.71 bits per heavy atom. The lowest BCUT2D eigenvalue weighted by atomic mass is 10.0. The molecule has 0 fully saturated rings. The van der Waals surface area contributed by atoms with Crippen LogP contribution in [0.5, 0.6) is 0 Å². The number of hydrogen-bond acceptors (Lipinski definition) is 4. The van der Waals surface area contributed by atoms with Crippen LogP contribution in [0.2, 0.25) is 0 Å². The minimum atomic E-state index is -3.93. The molecule has 1 heterocycles. The SMILES string of the molecule is CCCCC1=C(CCCC)C(=O)NS(=O)(=O)O1. The van der Waals surface area contributed by atoms with E-state index in [4.69, 9.17) is 4.18 Å². The third-order valence-electron chi connectivity index (χ3n) is 2.58. The van der Waals surface area contributed by atoms with Crippen LogP contribution in [-0.4, -0.2) is 14.3 Å². The third kappa shape index (κ3) is 4.03. The van der Waals surface area contributed by atoms with Gasteiger partial charge in [-0.1, -0.05) is 26.7 Å². The molecule has 5 nitrogen and oxygen atoms in total. The van der Waals surface area contributed by atoms with Crippen LogP contribution in [-0.2, 0) is 19.3 Å². The molecule has 0 radical (unpaired) electrons. The highest BCUT2D eigenvalue weighted by Crippen LogP contribution is 2.24. The molecule has 0 atom stereocenters. The average molecular weight is 261 g/mol. The number of carbonyl (C=O) groups excluding carboxylic acids is 1. The summed E-state index contributed by atoms with van der Waals surface area (Å²) in [5, 5.41) is 0. The summed E-state index contributed by atoms with van der Waals surface area (Å²) in [6.45, 7) is 4.02. The van der Waals surface area contributed by atoms with Crippen LogP contribution >= 0.6 is 0 Å². The summed E-state index contributed by atoms with van der Waals surface area (Å²) in [6, 6.07) is 0. The number of amides is 1. The highest BCUT2D eigenvalue weighted by atomic mass is 32.2. The Kier molecular flexibility index (Phi) is 4.99. The van der Waals surface area contributed by atoms with Crippen LogP contribution in [0.1, 0.15) is 52.4 Å². The van der Waals surface area contributed by atoms with Crippen molar-refractivity contribution in [2.24, 2.45) is 0 Å². The lowest BCUT2D eigenvalue weighted by molar-refractivity contribution is -0.116. The van der Waals surface area contributed by atoms with Crippen molar-refractivity contribution in [3.8, 4) is 0 Å². The fourth-order valence-corrected chi connectivity index (χ4v) is 2.48. The maximum atomic E-state index is 11.7. The largest absolute Gasteiger partial charge is 0.409 e. The van der Waals surface area contributed by atoms with Gasteiger partial charge < -0.3 is 4.18 Å². The first-order chi connectivity index (χ1) is 8.00. The quantitative estimate of drug-likeness (QED) is 0.794. The van der Waals surface area contributed by atoms with Gasteiger partial charge in [-0.2, -0.15) is 8.42 Å². The zero-order valence-corrected chi connectivity index (χ0v) is 11.1. The molecule has 0 aromatic rings. The van der Waals surface area contributed by atoms with E-state index in [1.165, 1.54) is 0 Å². The van der Waals surface area contributed by atoms with Gasteiger partial charge in [0.15, 0.2) is 0 Å². The topological polar surface area (TPSA) is 72.5 Å². The summed E-state index contributed by atoms with van der Waals surface area (Å²) in [5.74, 6) is -0.208. The predicted molar refractivity (Wildman–Crippen MR) is 64.2 cm³/mol. The fraction of sp³-hybridized carbons (Fsp3) is 0.727. The van der Waals surface area contributed by atoms with Crippen LogP contribution in [0, 0.1) is 0 Å². The normalized spacial score (nSPS) is 18.8. The van der Waals surface area contributed by atoms with E-state index in [9.17, 15) is 13.2 Å². The summed E-state index contributed by atoms with van der Waals surface area (Å²) in [7, 11) is -3.93. The molecule has 1 rings (SSSR count). The molecule has 0 saturated heterocycles. The molecular formula is C11H19NO4S. The Bertz CT molecular complexity index is 411. The number of rotatable bonds is 6. The highest BCUT2D eigenvalue weighted by molar-refractivity contribution is 7.85. The molecule has 1 aliphatic heterocycles. The molecule has 0 aromatic heterocycles. The summed E-state index contributed by atoms with van der Waals surface area (Å²) in [4.78, 5) is 11.7. The molecule has 0 aromatic carbocycles. The van der Waals surface area contributed by atoms with Crippen molar-refractivity contribution in [2.45, 2.75) is 52.4 Å². The van der Waals surface area contributed by atoms with Gasteiger partial charge in [0, 0.05) is 6.42 Å². The minimum Gasteiger partial charge on any atom is -0.371 e. The van der Waals surface area contributed by atoms with E-state index in [1.807, 2.05) is 18.6 Å². The number of hydrogen-bond donors (Lipinski definition) is 1. The van der Waals surface area contributed by atoms with Gasteiger partial charge in [-0.05, 0) is 19.3 Å². The third-order valence-corrected chi connectivity index (χ3v) is 3.43. The van der Waals surface area contributed by atoms with Crippen molar-refractivity contribution < 1.29 is 17.4 Å². The summed E-state index contributed by atoms with van der Waals surface area (Å²) < 4.78 is 29.3. The Hall–Kier alpha value is -1.04. The van der Waals surface area contributed by atoms with Gasteiger partial charge in [0.05, 0.1) is 5.57 Å². The van der Waals surface area contributed by atoms with Gasteiger partial charge in [-0.3, -0.25) is 4.79 Å². The van der Waals surface area contributed by atoms with E-state index in [0.29, 0.717) is 24.2 Å². The Labute approximate surface area is 102 Å². The molecule has 0 bridgehead atoms. The fourth-order valence-electron chi connectivity index (χ4n) is 1.64. The van der Waals surface area contributed by atoms with Crippen molar-refractivity contribution in [1.29, 1.82) is 0 Å². The second-order valence-electron chi connectivity index (χ2n) is 4.08. The standard InChI is InChI=1S/C11H19NO4S/c1-3-5-7-9-10(8-6-4-2)16-17(14,15)12-11(9)13/h3-8H2,1-2H3,(H,12,13). The molecule has 1 amide bonds. The van der Waals surface area contributed by atoms with Gasteiger partial charge in [0.25, 0.3) is 5.91 Å². The zero-order valence-electron chi connectivity index (χ0n) is 10.3. The lowest BCUT2D eigenvalue weighted by Gasteiger charge is -2.20. The Morgan fingerprint density at radius 1 is 1.12 bits per heavy atom. The van der Waals surface area contributed by atoms with E-state index in [2.05, 4.69) is 0 Å². The van der Waals surface area contributed by atoms with Crippen molar-refractivity contribution in [3.63, 3.8) is 0 Å². The van der Waals surface area contributed by atoms with E-state index in [1.54, 1.807) is 0 Å². The first kappa shape index (κ1) is 14.0. The smallest absolute Gasteiger partial charge is 0.371 e. The second-order valence-corrected chi connectivity index (χ2v) is 5.36. The average Bonchev–Trinajstić information content (AvgIpc) is 2.23. The molecule has 1 N–H and O–H groups in total. The van der Waals surface area contributed by atoms with Crippen molar-refractivity contribution in [1.82, 2.24) is 4.72 Å². The van der Waals surface area contributed by atoms with E-state index >= 15 is 0 Å². The van der Waals surface area contributed by atoms with Crippen molar-refractivity contribution in [3.05, 3.63) is 11.3 Å². The molecule has 17 heavy (non-hydrogen) atoms. The van der Waals surface area contributed by atoms with Crippen LogP contribution in [0.4, 0.5) is 0 Å². The highest BCUT2D eigenvalue weighted by Gasteiger charge is 2.30. The van der Waals surface area contributed by atoms with Crippen LogP contribution in [0.3, 0.4) is 0 Å². The van der Waals surface area contributed by atoms with Gasteiger partial charge >= 0.3 is 10.3 Å². The number of nitrogens with one attached hydrogen (secondary N) is 1. The van der Waals surface area contributed by atoms with E-state index in [0.717, 1.165) is 25.7 Å². The molecule has 6 heteroatoms. The molecule has 1 aliphatic rings. The van der Waals surface area contributed by atoms with Crippen molar-refractivity contribution in [2.75, 3.05) is 0 Å². The monoisotopic (exact) mass is 261 g/mol. The molecule has 0 spiro atoms. The van der Waals surface area contributed by atoms with Gasteiger partial charge in [-0.15, -0.1) is 0 Å². The molecular weight excluding hydrogens is 242 g/mol. The van der Waals surface area contributed by atoms with Gasteiger partial charge in [0.1, 0.15) is 5.76 Å². The summed E-state index contributed by atoms with van der Waals surface area (Å²) >= 11 is 0. The van der Waals surface area contributed by atoms with Gasteiger partial charge in [0.2, 0.25) is 0 Å². The van der Waals surface area contributed by atoms with E-state index in [-0.39, 0.29) is 0 Å². The van der Waals surface area contributed by atoms with Crippen molar-refractivity contribution >= 4 is 16.2 Å². The van der Waals surface area contributed by atoms with Gasteiger partial charge in [-0.25, -0.2) is 4.72 Å². The summed E-state index contributed by atoms with van der Waals surface area (Å²) in [5.41, 5.74) is 0.482. The molecule has 0 aliphatic carbocycles.